The molecule has 1 aromatic rings. The first-order chi connectivity index (χ1) is 6.35. The number of benzene rings is 1. The van der Waals surface area contributed by atoms with Crippen molar-refractivity contribution in [2.45, 2.75) is 11.8 Å². The Labute approximate surface area is 82.9 Å². The van der Waals surface area contributed by atoms with Crippen LogP contribution >= 0.6 is 11.8 Å². The minimum absolute atomic E-state index is 0.924. The van der Waals surface area contributed by atoms with Crippen LogP contribution in [0.4, 0.5) is 5.69 Å². The summed E-state index contributed by atoms with van der Waals surface area (Å²) in [6.45, 7) is 3.15. The zero-order valence-electron chi connectivity index (χ0n) is 7.78. The highest BCUT2D eigenvalue weighted by molar-refractivity contribution is 8.01. The molecule has 0 bridgehead atoms. The third-order valence-corrected chi connectivity index (χ3v) is 3.08. The summed E-state index contributed by atoms with van der Waals surface area (Å²) in [4.78, 5) is 3.53. The molecule has 1 heterocycles. The van der Waals surface area contributed by atoms with Crippen LogP contribution in [0.5, 0.6) is 5.75 Å². The summed E-state index contributed by atoms with van der Waals surface area (Å²) in [6, 6.07) is 6.18. The van der Waals surface area contributed by atoms with Gasteiger partial charge in [0, 0.05) is 17.5 Å². The van der Waals surface area contributed by atoms with E-state index in [0.29, 0.717) is 0 Å². The van der Waals surface area contributed by atoms with Gasteiger partial charge in [0.15, 0.2) is 0 Å². The fourth-order valence-corrected chi connectivity index (χ4v) is 2.32. The van der Waals surface area contributed by atoms with Gasteiger partial charge in [-0.15, -0.1) is 0 Å². The van der Waals surface area contributed by atoms with E-state index in [1.807, 2.05) is 6.07 Å². The fraction of sp³-hybridized carbons (Fsp3) is 0.300. The van der Waals surface area contributed by atoms with Crippen molar-refractivity contribution in [1.29, 1.82) is 0 Å². The summed E-state index contributed by atoms with van der Waals surface area (Å²) in [7, 11) is 1.70. The second-order valence-electron chi connectivity index (χ2n) is 2.84. The summed E-state index contributed by atoms with van der Waals surface area (Å²) in [6.07, 6.45) is 0. The molecule has 0 aromatic heterocycles. The van der Waals surface area contributed by atoms with Gasteiger partial charge in [-0.3, -0.25) is 0 Å². The van der Waals surface area contributed by atoms with Gasteiger partial charge < -0.3 is 9.64 Å². The predicted molar refractivity (Wildman–Crippen MR) is 56.2 cm³/mol. The van der Waals surface area contributed by atoms with Crippen molar-refractivity contribution >= 4 is 17.4 Å². The van der Waals surface area contributed by atoms with Gasteiger partial charge in [0.1, 0.15) is 11.6 Å². The molecule has 1 aliphatic heterocycles. The van der Waals surface area contributed by atoms with Crippen LogP contribution in [0.2, 0.25) is 0 Å². The van der Waals surface area contributed by atoms with Crippen LogP contribution < -0.4 is 9.64 Å². The Morgan fingerprint density at radius 2 is 2.31 bits per heavy atom. The molecule has 0 unspecified atom stereocenters. The Morgan fingerprint density at radius 3 is 3.00 bits per heavy atom. The Morgan fingerprint density at radius 1 is 1.46 bits per heavy atom. The number of hydrogen-bond donors (Lipinski definition) is 0. The van der Waals surface area contributed by atoms with Crippen molar-refractivity contribution in [2.75, 3.05) is 18.6 Å². The predicted octanol–water partition coefficient (Wildman–Crippen LogP) is 2.75. The molecule has 0 atom stereocenters. The van der Waals surface area contributed by atoms with Crippen LogP contribution in [-0.4, -0.2) is 13.7 Å². The number of anilines is 1. The monoisotopic (exact) mass is 194 g/mol. The van der Waals surface area contributed by atoms with E-state index < -0.39 is 0 Å². The van der Waals surface area contributed by atoms with Crippen LogP contribution in [0.3, 0.4) is 0 Å². The van der Waals surface area contributed by atoms with Gasteiger partial charge in [0.25, 0.3) is 0 Å². The minimum atomic E-state index is 0.924. The molecular weight excluding hydrogens is 182 g/mol. The highest BCUT2D eigenvalue weighted by atomic mass is 32.2. The normalized spacial score (nSPS) is 14.5. The van der Waals surface area contributed by atoms with E-state index >= 15 is 0 Å². The lowest BCUT2D eigenvalue weighted by atomic mass is 10.3. The zero-order valence-corrected chi connectivity index (χ0v) is 8.60. The van der Waals surface area contributed by atoms with Gasteiger partial charge in [-0.25, -0.2) is 0 Å². The first-order valence-corrected chi connectivity index (χ1v) is 5.18. The molecule has 2 rings (SSSR count). The van der Waals surface area contributed by atoms with Crippen LogP contribution in [-0.2, 0) is 0 Å². The highest BCUT2D eigenvalue weighted by Crippen LogP contribution is 2.42. The SMILES string of the molecule is CCN1[CH]Sc2ccc(OC)cc21. The van der Waals surface area contributed by atoms with Crippen LogP contribution in [0.15, 0.2) is 23.1 Å². The van der Waals surface area contributed by atoms with Gasteiger partial charge >= 0.3 is 0 Å². The van der Waals surface area contributed by atoms with Crippen molar-refractivity contribution in [3.05, 3.63) is 24.1 Å². The molecular formula is C10H12NOS. The summed E-state index contributed by atoms with van der Waals surface area (Å²) in [5, 5.41) is 0. The van der Waals surface area contributed by atoms with Crippen molar-refractivity contribution in [1.82, 2.24) is 0 Å². The maximum Gasteiger partial charge on any atom is 0.121 e. The molecule has 13 heavy (non-hydrogen) atoms. The average Bonchev–Trinajstić information content (AvgIpc) is 2.59. The Hall–Kier alpha value is -0.830. The number of hydrogen-bond acceptors (Lipinski definition) is 3. The van der Waals surface area contributed by atoms with Crippen molar-refractivity contribution in [2.24, 2.45) is 0 Å². The van der Waals surface area contributed by atoms with Crippen molar-refractivity contribution in [3.63, 3.8) is 0 Å². The topological polar surface area (TPSA) is 12.5 Å². The molecule has 0 aliphatic carbocycles. The lowest BCUT2D eigenvalue weighted by Gasteiger charge is -2.15. The lowest BCUT2D eigenvalue weighted by Crippen LogP contribution is -2.13. The number of thioether (sulfide) groups is 1. The van der Waals surface area contributed by atoms with E-state index in [-0.39, 0.29) is 0 Å². The molecule has 3 heteroatoms. The number of fused-ring (bicyclic) bond motifs is 1. The summed E-state index contributed by atoms with van der Waals surface area (Å²) >= 11 is 1.77. The molecule has 1 aromatic carbocycles. The third-order valence-electron chi connectivity index (χ3n) is 2.12. The maximum absolute atomic E-state index is 5.18. The molecule has 0 amide bonds. The van der Waals surface area contributed by atoms with Gasteiger partial charge in [-0.2, -0.15) is 0 Å². The van der Waals surface area contributed by atoms with E-state index in [0.717, 1.165) is 12.3 Å². The zero-order chi connectivity index (χ0) is 9.26. The smallest absolute Gasteiger partial charge is 0.121 e. The van der Waals surface area contributed by atoms with E-state index in [4.69, 9.17) is 4.74 Å². The van der Waals surface area contributed by atoms with Gasteiger partial charge in [0.05, 0.1) is 12.8 Å². The van der Waals surface area contributed by atoms with Crippen molar-refractivity contribution in [3.8, 4) is 5.75 Å². The van der Waals surface area contributed by atoms with E-state index in [1.54, 1.807) is 18.9 Å². The number of nitrogens with zero attached hydrogens (tertiary/aromatic N) is 1. The second-order valence-corrected chi connectivity index (χ2v) is 3.73. The van der Waals surface area contributed by atoms with Crippen LogP contribution in [0.25, 0.3) is 0 Å². The molecule has 1 aliphatic rings. The maximum atomic E-state index is 5.18. The third kappa shape index (κ3) is 1.48. The van der Waals surface area contributed by atoms with E-state index in [1.165, 1.54) is 10.6 Å². The standard InChI is InChI=1S/C10H12NOS/c1-3-11-7-13-10-5-4-8(12-2)6-9(10)11/h4-7H,3H2,1-2H3. The Balaban J connectivity index is 2.37. The Kier molecular flexibility index (Phi) is 2.36. The molecule has 2 nitrogen and oxygen atoms in total. The van der Waals surface area contributed by atoms with Crippen LogP contribution in [0, 0.1) is 5.88 Å². The fourth-order valence-electron chi connectivity index (χ4n) is 1.37. The summed E-state index contributed by atoms with van der Waals surface area (Å²) in [5.74, 6) is 3.07. The second kappa shape index (κ2) is 3.50. The molecule has 0 spiro atoms. The molecule has 0 saturated heterocycles. The number of methoxy groups -OCH3 is 1. The summed E-state index contributed by atoms with van der Waals surface area (Å²) in [5.41, 5.74) is 1.26. The van der Waals surface area contributed by atoms with Gasteiger partial charge in [-0.05, 0) is 19.1 Å². The van der Waals surface area contributed by atoms with E-state index in [9.17, 15) is 0 Å². The molecule has 0 saturated carbocycles. The van der Waals surface area contributed by atoms with Crippen LogP contribution in [0.1, 0.15) is 6.92 Å². The number of ether oxygens (including phenoxy) is 1. The lowest BCUT2D eigenvalue weighted by molar-refractivity contribution is 0.414. The molecule has 1 radical (unpaired) electrons. The first-order valence-electron chi connectivity index (χ1n) is 4.30. The van der Waals surface area contributed by atoms with Crippen molar-refractivity contribution < 1.29 is 4.74 Å². The Bertz CT molecular complexity index is 314. The summed E-state index contributed by atoms with van der Waals surface area (Å²) < 4.78 is 5.18. The highest BCUT2D eigenvalue weighted by Gasteiger charge is 2.18. The largest absolute Gasteiger partial charge is 0.497 e. The first kappa shape index (κ1) is 8.75. The molecule has 0 N–H and O–H groups in total. The minimum Gasteiger partial charge on any atom is -0.497 e. The molecule has 69 valence electrons. The number of rotatable bonds is 2. The quantitative estimate of drug-likeness (QED) is 0.718. The molecule has 0 fully saturated rings. The average molecular weight is 194 g/mol. The van der Waals surface area contributed by atoms with Gasteiger partial charge in [0.2, 0.25) is 0 Å². The van der Waals surface area contributed by atoms with Gasteiger partial charge in [-0.1, -0.05) is 11.8 Å². The van der Waals surface area contributed by atoms with E-state index in [2.05, 4.69) is 29.8 Å².